The van der Waals surface area contributed by atoms with Gasteiger partial charge in [-0.1, -0.05) is 11.1 Å². The number of hydrogen-bond donors (Lipinski definition) is 0. The first-order valence-electron chi connectivity index (χ1n) is 2.23. The molecule has 0 unspecified atom stereocenters. The molecule has 0 aliphatic rings. The Labute approximate surface area is 80.2 Å². The van der Waals surface area contributed by atoms with E-state index in [2.05, 4.69) is 0 Å². The molecule has 0 aromatic carbocycles. The third-order valence-electron chi connectivity index (χ3n) is 0.864. The molecule has 0 atom stereocenters. The first kappa shape index (κ1) is 11.5. The molecule has 0 saturated heterocycles. The van der Waals surface area contributed by atoms with Gasteiger partial charge < -0.3 is 8.85 Å². The van der Waals surface area contributed by atoms with E-state index in [-0.39, 0.29) is 0 Å². The number of rotatable bonds is 3. The lowest BCUT2D eigenvalue weighted by Crippen LogP contribution is -2.52. The molecule has 0 aliphatic carbocycles. The van der Waals surface area contributed by atoms with E-state index in [4.69, 9.17) is 53.2 Å². The maximum absolute atomic E-state index is 5.74. The molecular formula is C2H6Cl4O2Si2. The fraction of sp³-hybridized carbons (Fsp3) is 1.00. The monoisotopic (exact) mass is 258 g/mol. The van der Waals surface area contributed by atoms with Crippen molar-refractivity contribution in [2.75, 3.05) is 14.2 Å². The molecule has 0 aromatic heterocycles. The lowest BCUT2D eigenvalue weighted by molar-refractivity contribution is 0.287. The lowest BCUT2D eigenvalue weighted by atomic mass is 11.8. The predicted octanol–water partition coefficient (Wildman–Crippen LogP) is 2.19. The maximum atomic E-state index is 5.74. The Morgan fingerprint density at radius 2 is 1.20 bits per heavy atom. The summed E-state index contributed by atoms with van der Waals surface area (Å²) in [5.74, 6) is 0. The van der Waals surface area contributed by atoms with Crippen LogP contribution in [0.4, 0.5) is 0 Å². The minimum absolute atomic E-state index is 1.37. The number of halogens is 4. The largest absolute Gasteiger partial charge is 0.472 e. The summed E-state index contributed by atoms with van der Waals surface area (Å²) in [4.78, 5) is 0. The Morgan fingerprint density at radius 1 is 0.900 bits per heavy atom. The fourth-order valence-electron chi connectivity index (χ4n) is 0.315. The minimum atomic E-state index is -3.03. The zero-order valence-electron chi connectivity index (χ0n) is 5.33. The second kappa shape index (κ2) is 3.95. The first-order chi connectivity index (χ1) is 4.37. The van der Waals surface area contributed by atoms with Crippen LogP contribution >= 0.6 is 44.3 Å². The average molecular weight is 260 g/mol. The van der Waals surface area contributed by atoms with Crippen LogP contribution in [0, 0.1) is 0 Å². The van der Waals surface area contributed by atoms with E-state index in [0.717, 1.165) is 0 Å². The summed E-state index contributed by atoms with van der Waals surface area (Å²) >= 11 is 22.5. The van der Waals surface area contributed by atoms with E-state index in [0.29, 0.717) is 0 Å². The van der Waals surface area contributed by atoms with Crippen molar-refractivity contribution < 1.29 is 8.85 Å². The highest BCUT2D eigenvalue weighted by atomic mass is 35.9. The zero-order valence-corrected chi connectivity index (χ0v) is 10.4. The van der Waals surface area contributed by atoms with Gasteiger partial charge in [-0.05, 0) is 0 Å². The van der Waals surface area contributed by atoms with Crippen LogP contribution in [-0.4, -0.2) is 27.1 Å². The predicted molar refractivity (Wildman–Crippen MR) is 48.9 cm³/mol. The Morgan fingerprint density at radius 3 is 1.20 bits per heavy atom. The second-order valence-corrected chi connectivity index (χ2v) is 20.7. The molecule has 0 aliphatic heterocycles. The van der Waals surface area contributed by atoms with Crippen LogP contribution in [0.25, 0.3) is 0 Å². The van der Waals surface area contributed by atoms with E-state index >= 15 is 0 Å². The summed E-state index contributed by atoms with van der Waals surface area (Å²) in [5, 5.41) is 0. The summed E-state index contributed by atoms with van der Waals surface area (Å²) in [6.45, 7) is 0. The summed E-state index contributed by atoms with van der Waals surface area (Å²) in [7, 11) is -0.246. The molecule has 2 nitrogen and oxygen atoms in total. The van der Waals surface area contributed by atoms with Gasteiger partial charge in [0.1, 0.15) is 0 Å². The summed E-state index contributed by atoms with van der Waals surface area (Å²) in [6, 6.07) is 0. The Balaban J connectivity index is 4.33. The highest BCUT2D eigenvalue weighted by molar-refractivity contribution is 7.93. The topological polar surface area (TPSA) is 18.5 Å². The van der Waals surface area contributed by atoms with Gasteiger partial charge in [0.2, 0.25) is 0 Å². The highest BCUT2D eigenvalue weighted by Gasteiger charge is 2.58. The Bertz CT molecular complexity index is 110. The molecular weight excluding hydrogens is 254 g/mol. The van der Waals surface area contributed by atoms with Crippen LogP contribution in [-0.2, 0) is 8.85 Å². The van der Waals surface area contributed by atoms with Crippen LogP contribution in [0.2, 0.25) is 0 Å². The zero-order chi connectivity index (χ0) is 8.41. The molecule has 0 saturated carbocycles. The molecule has 62 valence electrons. The van der Waals surface area contributed by atoms with Crippen LogP contribution in [0.15, 0.2) is 0 Å². The van der Waals surface area contributed by atoms with Crippen molar-refractivity contribution in [1.29, 1.82) is 0 Å². The molecule has 0 rings (SSSR count). The molecule has 0 N–H and O–H groups in total. The molecule has 0 spiro atoms. The van der Waals surface area contributed by atoms with Gasteiger partial charge in [-0.3, -0.25) is 0 Å². The van der Waals surface area contributed by atoms with Gasteiger partial charge in [0.15, 0.2) is 0 Å². The van der Waals surface area contributed by atoms with Crippen molar-refractivity contribution in [2.45, 2.75) is 0 Å². The van der Waals surface area contributed by atoms with Crippen molar-refractivity contribution in [1.82, 2.24) is 0 Å². The second-order valence-electron chi connectivity index (χ2n) is 1.44. The molecule has 0 fully saturated rings. The SMILES string of the molecule is CO[Si](Cl)(OC)[Si](Cl)(Cl)Cl. The fourth-order valence-corrected chi connectivity index (χ4v) is 6.50. The van der Waals surface area contributed by atoms with Gasteiger partial charge >= 0.3 is 12.9 Å². The van der Waals surface area contributed by atoms with E-state index in [1.807, 2.05) is 0 Å². The summed E-state index contributed by atoms with van der Waals surface area (Å²) in [6.07, 6.45) is 0. The Hall–Kier alpha value is 1.51. The molecule has 0 radical (unpaired) electrons. The van der Waals surface area contributed by atoms with E-state index in [1.54, 1.807) is 0 Å². The smallest absolute Gasteiger partial charge is 0.387 e. The third kappa shape index (κ3) is 2.53. The number of hydrogen-bond acceptors (Lipinski definition) is 2. The molecule has 10 heavy (non-hydrogen) atoms. The van der Waals surface area contributed by atoms with Gasteiger partial charge in [-0.25, -0.2) is 0 Å². The average Bonchev–Trinajstić information content (AvgIpc) is 1.84. The van der Waals surface area contributed by atoms with Gasteiger partial charge in [0.05, 0.1) is 0 Å². The van der Waals surface area contributed by atoms with Gasteiger partial charge in [-0.15, -0.1) is 33.2 Å². The summed E-state index contributed by atoms with van der Waals surface area (Å²) < 4.78 is 9.60. The Kier molecular flexibility index (Phi) is 4.55. The van der Waals surface area contributed by atoms with E-state index in [1.165, 1.54) is 14.2 Å². The van der Waals surface area contributed by atoms with E-state index < -0.39 is 12.9 Å². The van der Waals surface area contributed by atoms with Crippen LogP contribution in [0.5, 0.6) is 0 Å². The van der Waals surface area contributed by atoms with Gasteiger partial charge in [0, 0.05) is 14.2 Å². The van der Waals surface area contributed by atoms with Gasteiger partial charge in [0.25, 0.3) is 0 Å². The lowest BCUT2D eigenvalue weighted by Gasteiger charge is -2.23. The van der Waals surface area contributed by atoms with Crippen molar-refractivity contribution >= 4 is 57.2 Å². The molecule has 0 amide bonds. The third-order valence-corrected chi connectivity index (χ3v) is 18.7. The molecule has 0 heterocycles. The van der Waals surface area contributed by atoms with Crippen molar-refractivity contribution in [3.05, 3.63) is 0 Å². The normalized spacial score (nSPS) is 13.8. The first-order valence-corrected chi connectivity index (χ1v) is 11.1. The van der Waals surface area contributed by atoms with Crippen molar-refractivity contribution in [2.24, 2.45) is 0 Å². The summed E-state index contributed by atoms with van der Waals surface area (Å²) in [5.41, 5.74) is -3.03. The minimum Gasteiger partial charge on any atom is -0.387 e. The van der Waals surface area contributed by atoms with Crippen LogP contribution in [0.3, 0.4) is 0 Å². The highest BCUT2D eigenvalue weighted by Crippen LogP contribution is 2.34. The molecule has 0 aromatic rings. The van der Waals surface area contributed by atoms with Crippen molar-refractivity contribution in [3.8, 4) is 0 Å². The van der Waals surface area contributed by atoms with Crippen LogP contribution < -0.4 is 0 Å². The standard InChI is InChI=1S/C2H6Cl4O2Si2/c1-7-10(6,8-2)9(3,4)5/h1-2H3. The van der Waals surface area contributed by atoms with Crippen LogP contribution in [0.1, 0.15) is 0 Å². The maximum Gasteiger partial charge on any atom is 0.472 e. The van der Waals surface area contributed by atoms with E-state index in [9.17, 15) is 0 Å². The quantitative estimate of drug-likeness (QED) is 0.572. The van der Waals surface area contributed by atoms with Crippen molar-refractivity contribution in [3.63, 3.8) is 0 Å². The molecule has 8 heteroatoms. The van der Waals surface area contributed by atoms with Gasteiger partial charge in [-0.2, -0.15) is 0 Å². The molecule has 0 bridgehead atoms.